The molecule has 1 rings (SSSR count). The van der Waals surface area contributed by atoms with Crippen molar-refractivity contribution in [2.24, 2.45) is 0 Å². The van der Waals surface area contributed by atoms with E-state index < -0.39 is 11.6 Å². The lowest BCUT2D eigenvalue weighted by molar-refractivity contribution is 0.542. The van der Waals surface area contributed by atoms with E-state index >= 15 is 0 Å². The van der Waals surface area contributed by atoms with E-state index in [4.69, 9.17) is 0 Å². The SMILES string of the molecule is C=C(C)C(Cc1ccc(F)cc1F)NCC. The minimum atomic E-state index is -0.545. The summed E-state index contributed by atoms with van der Waals surface area (Å²) in [6.07, 6.45) is 0.495. The quantitative estimate of drug-likeness (QED) is 0.759. The van der Waals surface area contributed by atoms with Crippen LogP contribution in [0.5, 0.6) is 0 Å². The van der Waals surface area contributed by atoms with Crippen molar-refractivity contribution in [3.05, 3.63) is 47.5 Å². The molecule has 1 atom stereocenters. The van der Waals surface area contributed by atoms with Crippen LogP contribution in [0.1, 0.15) is 19.4 Å². The van der Waals surface area contributed by atoms with Crippen LogP contribution in [0.25, 0.3) is 0 Å². The molecule has 0 spiro atoms. The molecular weight excluding hydrogens is 208 g/mol. The van der Waals surface area contributed by atoms with Gasteiger partial charge in [0.1, 0.15) is 11.6 Å². The first kappa shape index (κ1) is 12.8. The molecule has 3 heteroatoms. The highest BCUT2D eigenvalue weighted by Gasteiger charge is 2.12. The van der Waals surface area contributed by atoms with Crippen LogP contribution >= 0.6 is 0 Å². The van der Waals surface area contributed by atoms with Crippen molar-refractivity contribution in [2.75, 3.05) is 6.54 Å². The summed E-state index contributed by atoms with van der Waals surface area (Å²) < 4.78 is 26.1. The smallest absolute Gasteiger partial charge is 0.129 e. The highest BCUT2D eigenvalue weighted by atomic mass is 19.1. The van der Waals surface area contributed by atoms with E-state index in [0.29, 0.717) is 12.0 Å². The Labute approximate surface area is 95.2 Å². The number of rotatable bonds is 5. The average molecular weight is 225 g/mol. The van der Waals surface area contributed by atoms with Gasteiger partial charge in [0, 0.05) is 12.1 Å². The van der Waals surface area contributed by atoms with Crippen LogP contribution in [0.15, 0.2) is 30.4 Å². The first-order chi connectivity index (χ1) is 7.54. The van der Waals surface area contributed by atoms with Gasteiger partial charge in [-0.3, -0.25) is 0 Å². The molecule has 0 aliphatic rings. The molecule has 0 saturated carbocycles. The van der Waals surface area contributed by atoms with E-state index in [1.807, 2.05) is 13.8 Å². The standard InChI is InChI=1S/C13H17F2N/c1-4-16-13(9(2)3)7-10-5-6-11(14)8-12(10)15/h5-6,8,13,16H,2,4,7H2,1,3H3. The molecule has 1 nitrogen and oxygen atoms in total. The number of hydrogen-bond acceptors (Lipinski definition) is 1. The fraction of sp³-hybridized carbons (Fsp3) is 0.385. The molecule has 0 amide bonds. The Morgan fingerprint density at radius 2 is 2.12 bits per heavy atom. The largest absolute Gasteiger partial charge is 0.310 e. The zero-order valence-corrected chi connectivity index (χ0v) is 9.69. The number of hydrogen-bond donors (Lipinski definition) is 1. The second-order valence-corrected chi connectivity index (χ2v) is 3.90. The molecule has 1 N–H and O–H groups in total. The summed E-state index contributed by atoms with van der Waals surface area (Å²) in [5.41, 5.74) is 1.46. The zero-order valence-electron chi connectivity index (χ0n) is 9.69. The summed E-state index contributed by atoms with van der Waals surface area (Å²) in [7, 11) is 0. The van der Waals surface area contributed by atoms with Gasteiger partial charge in [-0.1, -0.05) is 25.1 Å². The number of nitrogens with one attached hydrogen (secondary N) is 1. The van der Waals surface area contributed by atoms with E-state index in [2.05, 4.69) is 11.9 Å². The summed E-state index contributed by atoms with van der Waals surface area (Å²) in [6.45, 7) is 8.53. The lowest BCUT2D eigenvalue weighted by Gasteiger charge is -2.18. The second kappa shape index (κ2) is 5.75. The van der Waals surface area contributed by atoms with E-state index in [1.165, 1.54) is 12.1 Å². The molecule has 1 aromatic carbocycles. The van der Waals surface area contributed by atoms with Crippen molar-refractivity contribution in [2.45, 2.75) is 26.3 Å². The Bertz CT molecular complexity index is 374. The van der Waals surface area contributed by atoms with Gasteiger partial charge in [0.2, 0.25) is 0 Å². The Hall–Kier alpha value is -1.22. The minimum absolute atomic E-state index is 0.0324. The van der Waals surface area contributed by atoms with Gasteiger partial charge in [0.05, 0.1) is 0 Å². The molecular formula is C13H17F2N. The fourth-order valence-electron chi connectivity index (χ4n) is 1.57. The van der Waals surface area contributed by atoms with Crippen LogP contribution in [0.4, 0.5) is 8.78 Å². The zero-order chi connectivity index (χ0) is 12.1. The molecule has 0 radical (unpaired) electrons. The normalized spacial score (nSPS) is 12.5. The van der Waals surface area contributed by atoms with Gasteiger partial charge in [-0.25, -0.2) is 8.78 Å². The molecule has 88 valence electrons. The van der Waals surface area contributed by atoms with Gasteiger partial charge in [0.15, 0.2) is 0 Å². The van der Waals surface area contributed by atoms with Crippen LogP contribution in [-0.4, -0.2) is 12.6 Å². The van der Waals surface area contributed by atoms with Crippen molar-refractivity contribution in [3.8, 4) is 0 Å². The Balaban J connectivity index is 2.81. The summed E-state index contributed by atoms with van der Waals surface area (Å²) >= 11 is 0. The third-order valence-electron chi connectivity index (χ3n) is 2.48. The summed E-state index contributed by atoms with van der Waals surface area (Å²) in [4.78, 5) is 0. The maximum Gasteiger partial charge on any atom is 0.129 e. The van der Waals surface area contributed by atoms with Crippen molar-refractivity contribution >= 4 is 0 Å². The predicted molar refractivity (Wildman–Crippen MR) is 62.3 cm³/mol. The summed E-state index contributed by atoms with van der Waals surface area (Å²) in [5.74, 6) is -1.04. The van der Waals surface area contributed by atoms with E-state index in [9.17, 15) is 8.78 Å². The van der Waals surface area contributed by atoms with Crippen LogP contribution in [0, 0.1) is 11.6 Å². The van der Waals surface area contributed by atoms with Gasteiger partial charge < -0.3 is 5.32 Å². The number of likely N-dealkylation sites (N-methyl/N-ethyl adjacent to an activating group) is 1. The first-order valence-electron chi connectivity index (χ1n) is 5.37. The van der Waals surface area contributed by atoms with E-state index in [0.717, 1.165) is 18.2 Å². The molecule has 0 aliphatic heterocycles. The molecule has 0 heterocycles. The Morgan fingerprint density at radius 3 is 2.62 bits per heavy atom. The minimum Gasteiger partial charge on any atom is -0.310 e. The molecule has 0 saturated heterocycles. The second-order valence-electron chi connectivity index (χ2n) is 3.90. The maximum absolute atomic E-state index is 13.4. The van der Waals surface area contributed by atoms with Gasteiger partial charge in [0.25, 0.3) is 0 Å². The lowest BCUT2D eigenvalue weighted by atomic mass is 10.0. The van der Waals surface area contributed by atoms with Crippen LogP contribution in [0.2, 0.25) is 0 Å². The molecule has 0 fully saturated rings. The topological polar surface area (TPSA) is 12.0 Å². The molecule has 0 aliphatic carbocycles. The Kier molecular flexibility index (Phi) is 4.62. The van der Waals surface area contributed by atoms with Crippen molar-refractivity contribution in [1.82, 2.24) is 5.32 Å². The highest BCUT2D eigenvalue weighted by Crippen LogP contribution is 2.14. The van der Waals surface area contributed by atoms with Crippen molar-refractivity contribution in [1.29, 1.82) is 0 Å². The lowest BCUT2D eigenvalue weighted by Crippen LogP contribution is -2.32. The van der Waals surface area contributed by atoms with Crippen LogP contribution in [-0.2, 0) is 6.42 Å². The van der Waals surface area contributed by atoms with Gasteiger partial charge >= 0.3 is 0 Å². The maximum atomic E-state index is 13.4. The van der Waals surface area contributed by atoms with E-state index in [-0.39, 0.29) is 6.04 Å². The predicted octanol–water partition coefficient (Wildman–Crippen LogP) is 3.06. The van der Waals surface area contributed by atoms with Crippen molar-refractivity contribution < 1.29 is 8.78 Å². The third kappa shape index (κ3) is 3.42. The van der Waals surface area contributed by atoms with Gasteiger partial charge in [-0.05, 0) is 31.5 Å². The van der Waals surface area contributed by atoms with Crippen LogP contribution < -0.4 is 5.32 Å². The number of halogens is 2. The molecule has 1 aromatic rings. The number of benzene rings is 1. The van der Waals surface area contributed by atoms with Gasteiger partial charge in [-0.15, -0.1) is 0 Å². The van der Waals surface area contributed by atoms with E-state index in [1.54, 1.807) is 0 Å². The molecule has 0 bridgehead atoms. The average Bonchev–Trinajstić information content (AvgIpc) is 2.20. The molecule has 16 heavy (non-hydrogen) atoms. The van der Waals surface area contributed by atoms with Crippen molar-refractivity contribution in [3.63, 3.8) is 0 Å². The Morgan fingerprint density at radius 1 is 1.44 bits per heavy atom. The van der Waals surface area contributed by atoms with Gasteiger partial charge in [-0.2, -0.15) is 0 Å². The monoisotopic (exact) mass is 225 g/mol. The molecule has 1 unspecified atom stereocenters. The highest BCUT2D eigenvalue weighted by molar-refractivity contribution is 5.22. The third-order valence-corrected chi connectivity index (χ3v) is 2.48. The fourth-order valence-corrected chi connectivity index (χ4v) is 1.57. The van der Waals surface area contributed by atoms with Crippen LogP contribution in [0.3, 0.4) is 0 Å². The molecule has 0 aromatic heterocycles. The summed E-state index contributed by atoms with van der Waals surface area (Å²) in [5, 5.41) is 3.21. The summed E-state index contributed by atoms with van der Waals surface area (Å²) in [6, 6.07) is 3.71. The first-order valence-corrected chi connectivity index (χ1v) is 5.37.